The number of hydrogen-bond donors (Lipinski definition) is 1. The molecular weight excluding hydrogens is 402 g/mol. The molecule has 30 heavy (non-hydrogen) atoms. The fraction of sp³-hybridized carbons (Fsp3) is 0.333. The molecule has 0 fully saturated rings. The Kier molecular flexibility index (Phi) is 7.67. The van der Waals surface area contributed by atoms with Gasteiger partial charge >= 0.3 is 0 Å². The molecule has 0 aliphatic heterocycles. The predicted molar refractivity (Wildman–Crippen MR) is 116 cm³/mol. The number of nitrogens with zero attached hydrogens (tertiary/aromatic N) is 4. The van der Waals surface area contributed by atoms with Crippen molar-refractivity contribution in [1.82, 2.24) is 25.1 Å². The van der Waals surface area contributed by atoms with Gasteiger partial charge in [0.25, 0.3) is 0 Å². The number of amides is 1. The second kappa shape index (κ2) is 10.6. The van der Waals surface area contributed by atoms with Gasteiger partial charge in [0.15, 0.2) is 22.5 Å². The Labute approximate surface area is 180 Å². The number of thioether (sulfide) groups is 1. The average molecular weight is 428 g/mol. The first-order chi connectivity index (χ1) is 14.7. The minimum Gasteiger partial charge on any atom is -0.493 e. The molecule has 0 aliphatic rings. The Hall–Kier alpha value is -3.07. The third kappa shape index (κ3) is 5.29. The summed E-state index contributed by atoms with van der Waals surface area (Å²) in [5, 5.41) is 12.3. The molecule has 0 aliphatic carbocycles. The molecule has 0 atom stereocenters. The Morgan fingerprint density at radius 1 is 1.10 bits per heavy atom. The number of rotatable bonds is 10. The van der Waals surface area contributed by atoms with E-state index in [1.807, 2.05) is 34.9 Å². The van der Waals surface area contributed by atoms with Crippen LogP contribution in [0.15, 0.2) is 47.9 Å². The van der Waals surface area contributed by atoms with Gasteiger partial charge in [-0.2, -0.15) is 0 Å². The van der Waals surface area contributed by atoms with Gasteiger partial charge in [0, 0.05) is 31.0 Å². The van der Waals surface area contributed by atoms with Gasteiger partial charge in [0.2, 0.25) is 5.91 Å². The number of pyridine rings is 1. The number of aromatic nitrogens is 4. The molecule has 8 nitrogen and oxygen atoms in total. The van der Waals surface area contributed by atoms with Crippen LogP contribution in [0.5, 0.6) is 11.5 Å². The molecule has 1 N–H and O–H groups in total. The second-order valence-corrected chi connectivity index (χ2v) is 7.39. The van der Waals surface area contributed by atoms with E-state index in [0.717, 1.165) is 35.1 Å². The summed E-state index contributed by atoms with van der Waals surface area (Å²) in [6.45, 7) is 3.28. The van der Waals surface area contributed by atoms with E-state index in [-0.39, 0.29) is 11.7 Å². The van der Waals surface area contributed by atoms with Gasteiger partial charge in [-0.1, -0.05) is 24.8 Å². The van der Waals surface area contributed by atoms with E-state index in [2.05, 4.69) is 27.4 Å². The van der Waals surface area contributed by atoms with Crippen LogP contribution in [0, 0.1) is 0 Å². The van der Waals surface area contributed by atoms with Crippen LogP contribution < -0.4 is 14.8 Å². The first-order valence-corrected chi connectivity index (χ1v) is 10.6. The largest absolute Gasteiger partial charge is 0.493 e. The molecule has 1 aromatic carbocycles. The van der Waals surface area contributed by atoms with Crippen LogP contribution in [0.4, 0.5) is 0 Å². The van der Waals surface area contributed by atoms with Crippen LogP contribution in [0.3, 0.4) is 0 Å². The summed E-state index contributed by atoms with van der Waals surface area (Å²) in [4.78, 5) is 16.4. The normalized spacial score (nSPS) is 10.6. The number of hydrogen-bond acceptors (Lipinski definition) is 7. The number of ether oxygens (including phenoxy) is 2. The molecule has 2 aromatic heterocycles. The van der Waals surface area contributed by atoms with Crippen LogP contribution in [0.1, 0.15) is 18.9 Å². The van der Waals surface area contributed by atoms with E-state index in [1.54, 1.807) is 26.6 Å². The van der Waals surface area contributed by atoms with Crippen molar-refractivity contribution in [1.29, 1.82) is 0 Å². The molecule has 0 spiro atoms. The molecule has 0 radical (unpaired) electrons. The lowest BCUT2D eigenvalue weighted by Gasteiger charge is -2.11. The maximum atomic E-state index is 12.4. The third-order valence-corrected chi connectivity index (χ3v) is 5.34. The van der Waals surface area contributed by atoms with Gasteiger partial charge in [-0.3, -0.25) is 9.78 Å². The molecule has 0 unspecified atom stereocenters. The van der Waals surface area contributed by atoms with Crippen molar-refractivity contribution in [2.45, 2.75) is 31.6 Å². The van der Waals surface area contributed by atoms with Crippen molar-refractivity contribution >= 4 is 17.7 Å². The van der Waals surface area contributed by atoms with Crippen molar-refractivity contribution in [2.24, 2.45) is 0 Å². The number of carbonyl (C=O) groups excluding carboxylic acids is 1. The molecule has 9 heteroatoms. The highest BCUT2D eigenvalue weighted by Gasteiger charge is 2.15. The lowest BCUT2D eigenvalue weighted by Crippen LogP contribution is -2.24. The van der Waals surface area contributed by atoms with E-state index >= 15 is 0 Å². The molecule has 2 heterocycles. The smallest absolute Gasteiger partial charge is 0.230 e. The van der Waals surface area contributed by atoms with Gasteiger partial charge in [-0.15, -0.1) is 10.2 Å². The van der Waals surface area contributed by atoms with Crippen molar-refractivity contribution in [3.8, 4) is 22.9 Å². The fourth-order valence-electron chi connectivity index (χ4n) is 2.91. The van der Waals surface area contributed by atoms with E-state index in [1.165, 1.54) is 11.8 Å². The van der Waals surface area contributed by atoms with Crippen LogP contribution in [0.2, 0.25) is 0 Å². The predicted octanol–water partition coefficient (Wildman–Crippen LogP) is 3.18. The molecule has 158 valence electrons. The fourth-order valence-corrected chi connectivity index (χ4v) is 3.70. The lowest BCUT2D eigenvalue weighted by atomic mass is 10.2. The van der Waals surface area contributed by atoms with Gasteiger partial charge in [-0.25, -0.2) is 0 Å². The van der Waals surface area contributed by atoms with Crippen LogP contribution >= 0.6 is 11.8 Å². The van der Waals surface area contributed by atoms with E-state index in [0.29, 0.717) is 18.0 Å². The Bertz CT molecular complexity index is 978. The van der Waals surface area contributed by atoms with Gasteiger partial charge in [0.05, 0.1) is 20.0 Å². The van der Waals surface area contributed by atoms with E-state index in [9.17, 15) is 4.79 Å². The van der Waals surface area contributed by atoms with Crippen molar-refractivity contribution in [2.75, 3.05) is 20.0 Å². The molecule has 0 saturated heterocycles. The Balaban J connectivity index is 1.60. The van der Waals surface area contributed by atoms with E-state index < -0.39 is 0 Å². The summed E-state index contributed by atoms with van der Waals surface area (Å²) in [5.74, 6) is 2.25. The van der Waals surface area contributed by atoms with E-state index in [4.69, 9.17) is 9.47 Å². The topological polar surface area (TPSA) is 91.2 Å². The summed E-state index contributed by atoms with van der Waals surface area (Å²) in [6, 6.07) is 9.38. The maximum Gasteiger partial charge on any atom is 0.230 e. The van der Waals surface area contributed by atoms with Gasteiger partial charge in [0.1, 0.15) is 0 Å². The van der Waals surface area contributed by atoms with Crippen molar-refractivity contribution in [3.63, 3.8) is 0 Å². The Morgan fingerprint density at radius 2 is 1.87 bits per heavy atom. The van der Waals surface area contributed by atoms with Crippen LogP contribution in [-0.2, 0) is 17.9 Å². The second-order valence-electron chi connectivity index (χ2n) is 6.45. The van der Waals surface area contributed by atoms with Gasteiger partial charge in [-0.05, 0) is 36.2 Å². The van der Waals surface area contributed by atoms with Crippen molar-refractivity contribution in [3.05, 3.63) is 48.3 Å². The van der Waals surface area contributed by atoms with Crippen LogP contribution in [0.25, 0.3) is 11.4 Å². The first kappa shape index (κ1) is 21.6. The summed E-state index contributed by atoms with van der Waals surface area (Å²) in [6.07, 6.45) is 4.40. The number of nitrogens with one attached hydrogen (secondary N) is 1. The van der Waals surface area contributed by atoms with Gasteiger partial charge < -0.3 is 19.4 Å². The summed E-state index contributed by atoms with van der Waals surface area (Å²) < 4.78 is 12.6. The first-order valence-electron chi connectivity index (χ1n) is 9.60. The summed E-state index contributed by atoms with van der Waals surface area (Å²) in [5.41, 5.74) is 1.89. The highest BCUT2D eigenvalue weighted by Crippen LogP contribution is 2.27. The average Bonchev–Trinajstić information content (AvgIpc) is 3.19. The number of carbonyl (C=O) groups is 1. The molecule has 0 saturated carbocycles. The lowest BCUT2D eigenvalue weighted by molar-refractivity contribution is -0.118. The molecule has 1 amide bonds. The monoisotopic (exact) mass is 427 g/mol. The zero-order valence-corrected chi connectivity index (χ0v) is 18.1. The minimum atomic E-state index is -0.0775. The Morgan fingerprint density at radius 3 is 2.57 bits per heavy atom. The molecule has 3 rings (SSSR count). The highest BCUT2D eigenvalue weighted by molar-refractivity contribution is 7.99. The van der Waals surface area contributed by atoms with Crippen molar-refractivity contribution < 1.29 is 14.3 Å². The summed E-state index contributed by atoms with van der Waals surface area (Å²) >= 11 is 1.38. The molecular formula is C21H25N5O3S. The SMILES string of the molecule is CCCn1c(SCC(=O)NCc2ccc(OC)c(OC)c2)nnc1-c1ccncc1. The quantitative estimate of drug-likeness (QED) is 0.497. The highest BCUT2D eigenvalue weighted by atomic mass is 32.2. The molecule has 0 bridgehead atoms. The zero-order chi connectivity index (χ0) is 21.3. The number of methoxy groups -OCH3 is 2. The standard InChI is InChI=1S/C21H25N5O3S/c1-4-11-26-20(16-7-9-22-10-8-16)24-25-21(26)30-14-19(27)23-13-15-5-6-17(28-2)18(12-15)29-3/h5-10,12H,4,11,13-14H2,1-3H3,(H,23,27). The minimum absolute atomic E-state index is 0.0775. The third-order valence-electron chi connectivity index (χ3n) is 4.37. The summed E-state index contributed by atoms with van der Waals surface area (Å²) in [7, 11) is 3.18. The maximum absolute atomic E-state index is 12.4. The van der Waals surface area contributed by atoms with Crippen LogP contribution in [-0.4, -0.2) is 45.6 Å². The molecule has 3 aromatic rings. The number of benzene rings is 1. The zero-order valence-electron chi connectivity index (χ0n) is 17.3.